The second kappa shape index (κ2) is 10.3. The van der Waals surface area contributed by atoms with E-state index in [0.29, 0.717) is 0 Å². The van der Waals surface area contributed by atoms with Crippen LogP contribution in [0.2, 0.25) is 0 Å². The quantitative estimate of drug-likeness (QED) is 0.207. The first-order valence-electron chi connectivity index (χ1n) is 13.8. The van der Waals surface area contributed by atoms with Crippen molar-refractivity contribution in [2.24, 2.45) is 0 Å². The highest BCUT2D eigenvalue weighted by atomic mass is 14.7. The van der Waals surface area contributed by atoms with E-state index in [4.69, 9.17) is 0 Å². The van der Waals surface area contributed by atoms with Crippen molar-refractivity contribution in [1.29, 1.82) is 0 Å². The van der Waals surface area contributed by atoms with Gasteiger partial charge in [0.25, 0.3) is 0 Å². The van der Waals surface area contributed by atoms with Crippen LogP contribution in [0.3, 0.4) is 0 Å². The normalized spacial score (nSPS) is 12.2. The Morgan fingerprint density at radius 1 is 0.600 bits per heavy atom. The van der Waals surface area contributed by atoms with E-state index in [1.165, 1.54) is 79.9 Å². The van der Waals surface area contributed by atoms with Crippen LogP contribution >= 0.6 is 0 Å². The molecule has 182 valence electrons. The molecule has 2 heterocycles. The summed E-state index contributed by atoms with van der Waals surface area (Å²) in [5.74, 6) is 0. The molecule has 0 saturated heterocycles. The first kappa shape index (κ1) is 23.7. The fraction of sp³-hybridized carbons (Fsp3) is 0.394. The molecule has 1 aliphatic rings. The van der Waals surface area contributed by atoms with Gasteiger partial charge in [0.15, 0.2) is 0 Å². The minimum Gasteiger partial charge on any atom is -0.361 e. The van der Waals surface area contributed by atoms with E-state index < -0.39 is 0 Å². The molecule has 5 rings (SSSR count). The van der Waals surface area contributed by atoms with Gasteiger partial charge in [-0.2, -0.15) is 0 Å². The molecule has 35 heavy (non-hydrogen) atoms. The molecule has 1 aliphatic carbocycles. The lowest BCUT2D eigenvalue weighted by Gasteiger charge is -2.18. The molecule has 0 bridgehead atoms. The topological polar surface area (TPSA) is 31.6 Å². The average Bonchev–Trinajstić information content (AvgIpc) is 3.56. The van der Waals surface area contributed by atoms with Gasteiger partial charge in [0.2, 0.25) is 0 Å². The Kier molecular flexibility index (Phi) is 7.00. The van der Waals surface area contributed by atoms with Gasteiger partial charge in [0, 0.05) is 34.9 Å². The molecule has 2 aromatic heterocycles. The second-order valence-electron chi connectivity index (χ2n) is 10.2. The maximum atomic E-state index is 3.80. The largest absolute Gasteiger partial charge is 0.361 e. The molecule has 0 radical (unpaired) electrons. The smallest absolute Gasteiger partial charge is 0.0499 e. The van der Waals surface area contributed by atoms with E-state index in [-0.39, 0.29) is 0 Å². The maximum Gasteiger partial charge on any atom is 0.0499 e. The maximum absolute atomic E-state index is 3.80. The lowest BCUT2D eigenvalue weighted by Crippen LogP contribution is -1.99. The molecule has 0 atom stereocenters. The lowest BCUT2D eigenvalue weighted by atomic mass is 9.87. The first-order valence-corrected chi connectivity index (χ1v) is 13.8. The minimum absolute atomic E-state index is 1.01. The number of nitrogens with one attached hydrogen (secondary N) is 2. The van der Waals surface area contributed by atoms with Gasteiger partial charge in [0.1, 0.15) is 0 Å². The van der Waals surface area contributed by atoms with E-state index in [1.807, 2.05) is 0 Å². The highest BCUT2D eigenvalue weighted by molar-refractivity contribution is 5.93. The third-order valence-electron chi connectivity index (χ3n) is 7.71. The van der Waals surface area contributed by atoms with Crippen molar-refractivity contribution in [3.05, 3.63) is 82.2 Å². The summed E-state index contributed by atoms with van der Waals surface area (Å²) in [5, 5.41) is 0. The number of aromatic amines is 2. The summed E-state index contributed by atoms with van der Waals surface area (Å²) in [6, 6.07) is 13.7. The summed E-state index contributed by atoms with van der Waals surface area (Å²) in [7, 11) is 0. The molecule has 0 saturated carbocycles. The number of H-pyrrole nitrogens is 2. The Hall–Kier alpha value is -3.00. The second-order valence-corrected chi connectivity index (χ2v) is 10.2. The summed E-state index contributed by atoms with van der Waals surface area (Å²) in [6.45, 7) is 9.18. The zero-order chi connectivity index (χ0) is 24.4. The third kappa shape index (κ3) is 4.18. The Balaban J connectivity index is 1.78. The number of hydrogen-bond donors (Lipinski definition) is 2. The monoisotopic (exact) mass is 464 g/mol. The average molecular weight is 465 g/mol. The zero-order valence-electron chi connectivity index (χ0n) is 22.0. The molecule has 2 nitrogen and oxygen atoms in total. The fourth-order valence-corrected chi connectivity index (χ4v) is 6.21. The molecule has 0 fully saturated rings. The molecule has 2 N–H and O–H groups in total. The fourth-order valence-electron chi connectivity index (χ4n) is 6.21. The van der Waals surface area contributed by atoms with Crippen LogP contribution in [0.5, 0.6) is 0 Å². The molecule has 0 spiro atoms. The molecular weight excluding hydrogens is 424 g/mol. The number of benzene rings is 2. The summed E-state index contributed by atoms with van der Waals surface area (Å²) < 4.78 is 0. The van der Waals surface area contributed by atoms with E-state index in [9.17, 15) is 0 Å². The molecular formula is C33H40N2. The predicted molar refractivity (Wildman–Crippen MR) is 150 cm³/mol. The number of rotatable bonds is 10. The van der Waals surface area contributed by atoms with Crippen molar-refractivity contribution in [3.63, 3.8) is 0 Å². The summed E-state index contributed by atoms with van der Waals surface area (Å²) in [6.07, 6.45) is 14.8. The van der Waals surface area contributed by atoms with Crippen LogP contribution in [0, 0.1) is 0 Å². The van der Waals surface area contributed by atoms with E-state index in [2.05, 4.69) is 86.5 Å². The molecule has 4 aromatic rings. The SMILES string of the molecule is CCCc1c[nH]c(-c2ccc3c(c2-c2[nH]cc(CCC)c2CCC)Cc2ccccc2-3)c1CCC. The number of aromatic nitrogens is 2. The van der Waals surface area contributed by atoms with E-state index >= 15 is 0 Å². The Bertz CT molecular complexity index is 1320. The minimum atomic E-state index is 1.01. The van der Waals surface area contributed by atoms with Crippen LogP contribution < -0.4 is 0 Å². The van der Waals surface area contributed by atoms with Gasteiger partial charge < -0.3 is 9.97 Å². The van der Waals surface area contributed by atoms with Gasteiger partial charge in [-0.05, 0) is 76.6 Å². The Morgan fingerprint density at radius 3 is 1.83 bits per heavy atom. The van der Waals surface area contributed by atoms with Gasteiger partial charge in [-0.15, -0.1) is 0 Å². The van der Waals surface area contributed by atoms with Crippen molar-refractivity contribution in [3.8, 4) is 33.6 Å². The zero-order valence-corrected chi connectivity index (χ0v) is 22.0. The van der Waals surface area contributed by atoms with Gasteiger partial charge in [-0.3, -0.25) is 0 Å². The van der Waals surface area contributed by atoms with Crippen molar-refractivity contribution >= 4 is 0 Å². The van der Waals surface area contributed by atoms with Crippen LogP contribution in [-0.2, 0) is 32.1 Å². The summed E-state index contributed by atoms with van der Waals surface area (Å²) in [4.78, 5) is 7.55. The van der Waals surface area contributed by atoms with E-state index in [0.717, 1.165) is 44.9 Å². The van der Waals surface area contributed by atoms with Gasteiger partial charge in [0.05, 0.1) is 0 Å². The first-order chi connectivity index (χ1) is 17.2. The number of hydrogen-bond acceptors (Lipinski definition) is 0. The van der Waals surface area contributed by atoms with Crippen LogP contribution in [0.15, 0.2) is 48.8 Å². The van der Waals surface area contributed by atoms with Crippen LogP contribution in [0.1, 0.15) is 86.8 Å². The Morgan fingerprint density at radius 2 is 1.17 bits per heavy atom. The van der Waals surface area contributed by atoms with Crippen LogP contribution in [0.25, 0.3) is 33.6 Å². The summed E-state index contributed by atoms with van der Waals surface area (Å²) >= 11 is 0. The molecule has 2 heteroatoms. The van der Waals surface area contributed by atoms with E-state index in [1.54, 1.807) is 0 Å². The Labute approximate surface area is 211 Å². The highest BCUT2D eigenvalue weighted by Crippen LogP contribution is 2.47. The van der Waals surface area contributed by atoms with Gasteiger partial charge in [-0.25, -0.2) is 0 Å². The third-order valence-corrected chi connectivity index (χ3v) is 7.71. The molecule has 0 unspecified atom stereocenters. The van der Waals surface area contributed by atoms with Crippen molar-refractivity contribution in [1.82, 2.24) is 9.97 Å². The molecule has 2 aromatic carbocycles. The standard InChI is InChI=1S/C33H40N2/c1-5-11-23-20-34-32(26(23)13-7-3)29-18-17-28-25-16-10-9-15-22(25)19-30(28)31(29)33-27(14-8-4)24(12-6-2)21-35-33/h9-10,15-18,20-21,34-35H,5-8,11-14,19H2,1-4H3. The van der Waals surface area contributed by atoms with Crippen LogP contribution in [0.4, 0.5) is 0 Å². The van der Waals surface area contributed by atoms with Crippen molar-refractivity contribution < 1.29 is 0 Å². The number of fused-ring (bicyclic) bond motifs is 3. The predicted octanol–water partition coefficient (Wildman–Crippen LogP) is 9.06. The molecule has 0 aliphatic heterocycles. The van der Waals surface area contributed by atoms with Gasteiger partial charge in [-0.1, -0.05) is 89.8 Å². The van der Waals surface area contributed by atoms with Crippen molar-refractivity contribution in [2.75, 3.05) is 0 Å². The molecule has 0 amide bonds. The highest BCUT2D eigenvalue weighted by Gasteiger charge is 2.28. The van der Waals surface area contributed by atoms with Crippen LogP contribution in [-0.4, -0.2) is 9.97 Å². The lowest BCUT2D eigenvalue weighted by molar-refractivity contribution is 0.869. The number of aryl methyl sites for hydroxylation is 2. The van der Waals surface area contributed by atoms with Crippen molar-refractivity contribution in [2.45, 2.75) is 85.5 Å². The summed E-state index contributed by atoms with van der Waals surface area (Å²) in [5.41, 5.74) is 17.2. The van der Waals surface area contributed by atoms with Gasteiger partial charge >= 0.3 is 0 Å².